The van der Waals surface area contributed by atoms with Crippen LogP contribution in [0.5, 0.6) is 0 Å². The third-order valence-electron chi connectivity index (χ3n) is 7.36. The minimum atomic E-state index is -0.466. The second-order valence-electron chi connectivity index (χ2n) is 9.82. The highest BCUT2D eigenvalue weighted by molar-refractivity contribution is 6.05. The SMILES string of the molecule is O=C(c1c(-c2ncccn2)nn2c(=O)cc(-c3ccccc3CC3CCCC3)[nH]c12)N1CC(CF)C1. The number of halogens is 1. The molecular formula is C27H27FN6O2. The molecule has 0 radical (unpaired) electrons. The van der Waals surface area contributed by atoms with Crippen molar-refractivity contribution in [2.24, 2.45) is 11.8 Å². The van der Waals surface area contributed by atoms with Gasteiger partial charge < -0.3 is 9.88 Å². The van der Waals surface area contributed by atoms with E-state index in [2.05, 4.69) is 26.1 Å². The van der Waals surface area contributed by atoms with E-state index in [0.29, 0.717) is 30.3 Å². The Labute approximate surface area is 207 Å². The predicted molar refractivity (Wildman–Crippen MR) is 133 cm³/mol. The lowest BCUT2D eigenvalue weighted by Crippen LogP contribution is -2.50. The molecule has 1 N–H and O–H groups in total. The molecule has 2 fully saturated rings. The van der Waals surface area contributed by atoms with Gasteiger partial charge in [-0.2, -0.15) is 9.61 Å². The summed E-state index contributed by atoms with van der Waals surface area (Å²) in [5, 5.41) is 4.45. The van der Waals surface area contributed by atoms with Crippen molar-refractivity contribution in [3.8, 4) is 22.8 Å². The van der Waals surface area contributed by atoms with Gasteiger partial charge in [0.25, 0.3) is 11.5 Å². The molecule has 6 rings (SSSR count). The number of nitrogens with one attached hydrogen (secondary N) is 1. The number of rotatable bonds is 6. The Hall–Kier alpha value is -3.88. The van der Waals surface area contributed by atoms with Crippen LogP contribution < -0.4 is 5.56 Å². The number of fused-ring (bicyclic) bond motifs is 1. The fraction of sp³-hybridized carbons (Fsp3) is 0.370. The molecule has 1 amide bonds. The number of hydrogen-bond acceptors (Lipinski definition) is 5. The van der Waals surface area contributed by atoms with E-state index in [1.54, 1.807) is 23.4 Å². The number of hydrogen-bond donors (Lipinski definition) is 1. The predicted octanol–water partition coefficient (Wildman–Crippen LogP) is 3.92. The Morgan fingerprint density at radius 3 is 2.56 bits per heavy atom. The van der Waals surface area contributed by atoms with Gasteiger partial charge in [-0.3, -0.25) is 14.0 Å². The Bertz CT molecular complexity index is 1470. The second kappa shape index (κ2) is 9.29. The van der Waals surface area contributed by atoms with Crippen LogP contribution in [0.15, 0.2) is 53.6 Å². The van der Waals surface area contributed by atoms with Crippen molar-refractivity contribution in [1.82, 2.24) is 29.5 Å². The highest BCUT2D eigenvalue weighted by atomic mass is 19.1. The molecular weight excluding hydrogens is 459 g/mol. The number of carbonyl (C=O) groups excluding carboxylic acids is 1. The summed E-state index contributed by atoms with van der Waals surface area (Å²) in [6.45, 7) is 0.192. The number of carbonyl (C=O) groups is 1. The van der Waals surface area contributed by atoms with E-state index >= 15 is 0 Å². The molecule has 0 spiro atoms. The van der Waals surface area contributed by atoms with Gasteiger partial charge in [0.2, 0.25) is 0 Å². The van der Waals surface area contributed by atoms with Crippen LogP contribution in [0.2, 0.25) is 0 Å². The zero-order valence-electron chi connectivity index (χ0n) is 19.9. The minimum Gasteiger partial charge on any atom is -0.339 e. The molecule has 0 atom stereocenters. The summed E-state index contributed by atoms with van der Waals surface area (Å²) in [5.41, 5.74) is 3.17. The van der Waals surface area contributed by atoms with Gasteiger partial charge in [0.1, 0.15) is 11.3 Å². The van der Waals surface area contributed by atoms with Crippen molar-refractivity contribution < 1.29 is 9.18 Å². The van der Waals surface area contributed by atoms with Crippen molar-refractivity contribution >= 4 is 11.6 Å². The largest absolute Gasteiger partial charge is 0.339 e. The topological polar surface area (TPSA) is 96.2 Å². The summed E-state index contributed by atoms with van der Waals surface area (Å²) < 4.78 is 14.3. The summed E-state index contributed by atoms with van der Waals surface area (Å²) in [6, 6.07) is 11.3. The van der Waals surface area contributed by atoms with Crippen LogP contribution in [-0.2, 0) is 6.42 Å². The Morgan fingerprint density at radius 1 is 1.06 bits per heavy atom. The lowest BCUT2D eigenvalue weighted by atomic mass is 9.93. The lowest BCUT2D eigenvalue weighted by molar-refractivity contribution is 0.0455. The molecule has 1 aliphatic heterocycles. The van der Waals surface area contributed by atoms with Gasteiger partial charge in [0.05, 0.1) is 12.4 Å². The maximum atomic E-state index is 13.6. The number of benzene rings is 1. The summed E-state index contributed by atoms with van der Waals surface area (Å²) in [4.78, 5) is 40.3. The molecule has 8 nitrogen and oxygen atoms in total. The van der Waals surface area contributed by atoms with Crippen LogP contribution in [0.25, 0.3) is 28.4 Å². The number of H-pyrrole nitrogens is 1. The highest BCUT2D eigenvalue weighted by Crippen LogP contribution is 2.32. The quantitative estimate of drug-likeness (QED) is 0.446. The first-order valence-corrected chi connectivity index (χ1v) is 12.5. The third-order valence-corrected chi connectivity index (χ3v) is 7.36. The first-order chi connectivity index (χ1) is 17.6. The summed E-state index contributed by atoms with van der Waals surface area (Å²) in [5.74, 6) is 0.419. The van der Waals surface area contributed by atoms with Crippen molar-refractivity contribution in [3.05, 3.63) is 70.3 Å². The molecule has 4 heterocycles. The average Bonchev–Trinajstić information content (AvgIpc) is 3.52. The van der Waals surface area contributed by atoms with Crippen molar-refractivity contribution in [2.45, 2.75) is 32.1 Å². The fourth-order valence-electron chi connectivity index (χ4n) is 5.44. The van der Waals surface area contributed by atoms with Crippen LogP contribution in [-0.4, -0.2) is 55.1 Å². The number of amides is 1. The highest BCUT2D eigenvalue weighted by Gasteiger charge is 2.35. The van der Waals surface area contributed by atoms with Crippen LogP contribution in [0.1, 0.15) is 41.6 Å². The average molecular weight is 487 g/mol. The number of nitrogens with zero attached hydrogens (tertiary/aromatic N) is 5. The maximum Gasteiger partial charge on any atom is 0.274 e. The molecule has 1 aromatic carbocycles. The summed E-state index contributed by atoms with van der Waals surface area (Å²) in [6.07, 6.45) is 9.06. The lowest BCUT2D eigenvalue weighted by Gasteiger charge is -2.37. The third kappa shape index (κ3) is 3.98. The van der Waals surface area contributed by atoms with Gasteiger partial charge in [-0.25, -0.2) is 9.97 Å². The van der Waals surface area contributed by atoms with E-state index in [0.717, 1.165) is 12.0 Å². The standard InChI is InChI=1S/C27H27FN6O2/c28-14-18-15-33(16-18)27(36)23-24(25-29-10-5-11-30-25)32-34-22(35)13-21(31-26(23)34)20-9-4-3-8-19(20)12-17-6-1-2-7-17/h3-5,8-11,13,17-18,31H,1-2,6-7,12,14-16H2. The number of aromatic nitrogens is 5. The van der Waals surface area contributed by atoms with E-state index in [9.17, 15) is 14.0 Å². The maximum absolute atomic E-state index is 13.6. The molecule has 3 aromatic heterocycles. The van der Waals surface area contributed by atoms with Crippen LogP contribution in [0.4, 0.5) is 4.39 Å². The van der Waals surface area contributed by atoms with Gasteiger partial charge >= 0.3 is 0 Å². The molecule has 1 saturated carbocycles. The first kappa shape index (κ1) is 22.6. The molecule has 184 valence electrons. The van der Waals surface area contributed by atoms with E-state index < -0.39 is 6.67 Å². The zero-order valence-corrected chi connectivity index (χ0v) is 19.9. The monoisotopic (exact) mass is 486 g/mol. The smallest absolute Gasteiger partial charge is 0.274 e. The molecule has 1 aliphatic carbocycles. The van der Waals surface area contributed by atoms with E-state index in [1.165, 1.54) is 41.8 Å². The van der Waals surface area contributed by atoms with Gasteiger partial charge in [-0.1, -0.05) is 49.9 Å². The molecule has 1 saturated heterocycles. The molecule has 0 bridgehead atoms. The second-order valence-corrected chi connectivity index (χ2v) is 9.82. The number of likely N-dealkylation sites (tertiary alicyclic amines) is 1. The number of alkyl halides is 1. The van der Waals surface area contributed by atoms with E-state index in [4.69, 9.17) is 0 Å². The Balaban J connectivity index is 1.49. The molecule has 4 aromatic rings. The first-order valence-electron chi connectivity index (χ1n) is 12.5. The van der Waals surface area contributed by atoms with Gasteiger partial charge in [-0.05, 0) is 24.0 Å². The summed E-state index contributed by atoms with van der Waals surface area (Å²) >= 11 is 0. The van der Waals surface area contributed by atoms with Crippen LogP contribution >= 0.6 is 0 Å². The van der Waals surface area contributed by atoms with Crippen LogP contribution in [0, 0.1) is 11.8 Å². The van der Waals surface area contributed by atoms with Gasteiger partial charge in [-0.15, -0.1) is 0 Å². The van der Waals surface area contributed by atoms with Crippen molar-refractivity contribution in [3.63, 3.8) is 0 Å². The molecule has 0 unspecified atom stereocenters. The molecule has 2 aliphatic rings. The fourth-order valence-corrected chi connectivity index (χ4v) is 5.44. The van der Waals surface area contributed by atoms with E-state index in [-0.39, 0.29) is 34.5 Å². The number of aromatic amines is 1. The Morgan fingerprint density at radius 2 is 1.81 bits per heavy atom. The minimum absolute atomic E-state index is 0.163. The molecule has 36 heavy (non-hydrogen) atoms. The van der Waals surface area contributed by atoms with Crippen molar-refractivity contribution in [2.75, 3.05) is 19.8 Å². The van der Waals surface area contributed by atoms with E-state index in [1.807, 2.05) is 18.2 Å². The van der Waals surface area contributed by atoms with Gasteiger partial charge in [0.15, 0.2) is 11.5 Å². The van der Waals surface area contributed by atoms with Gasteiger partial charge in [0, 0.05) is 43.0 Å². The molecule has 9 heteroatoms. The normalized spacial score (nSPS) is 16.5. The van der Waals surface area contributed by atoms with Crippen molar-refractivity contribution in [1.29, 1.82) is 0 Å². The Kier molecular flexibility index (Phi) is 5.83. The van der Waals surface area contributed by atoms with Crippen LogP contribution in [0.3, 0.4) is 0 Å². The summed E-state index contributed by atoms with van der Waals surface area (Å²) in [7, 11) is 0. The zero-order chi connectivity index (χ0) is 24.6.